The van der Waals surface area contributed by atoms with Crippen LogP contribution in [0.3, 0.4) is 0 Å². The minimum atomic E-state index is -0.0306. The fourth-order valence-electron chi connectivity index (χ4n) is 1.78. The average molecular weight is 392 g/mol. The highest BCUT2D eigenvalue weighted by Gasteiger charge is 2.08. The third-order valence-electron chi connectivity index (χ3n) is 2.72. The third-order valence-corrected chi connectivity index (χ3v) is 4.13. The standard InChI is InChI=1S/C14H12Cl2IN/c15-12-5-4-9(6-13(12)16)7-14(18)10-2-1-3-11(17)8-10/h1-6,8,14H,7,18H2. The van der Waals surface area contributed by atoms with Crippen LogP contribution in [0, 0.1) is 3.57 Å². The Morgan fingerprint density at radius 2 is 1.83 bits per heavy atom. The molecule has 0 radical (unpaired) electrons. The van der Waals surface area contributed by atoms with Gasteiger partial charge in [0, 0.05) is 9.61 Å². The summed E-state index contributed by atoms with van der Waals surface area (Å²) in [7, 11) is 0. The zero-order valence-electron chi connectivity index (χ0n) is 9.54. The Morgan fingerprint density at radius 1 is 1.06 bits per heavy atom. The van der Waals surface area contributed by atoms with Crippen LogP contribution in [-0.2, 0) is 6.42 Å². The maximum Gasteiger partial charge on any atom is 0.0595 e. The van der Waals surface area contributed by atoms with Gasteiger partial charge in [0.25, 0.3) is 0 Å². The largest absolute Gasteiger partial charge is 0.324 e. The lowest BCUT2D eigenvalue weighted by atomic mass is 10.00. The average Bonchev–Trinajstić information content (AvgIpc) is 2.34. The quantitative estimate of drug-likeness (QED) is 0.744. The summed E-state index contributed by atoms with van der Waals surface area (Å²) in [5.74, 6) is 0. The summed E-state index contributed by atoms with van der Waals surface area (Å²) in [6.45, 7) is 0. The maximum absolute atomic E-state index is 6.20. The van der Waals surface area contributed by atoms with Crippen molar-refractivity contribution in [3.05, 3.63) is 67.2 Å². The van der Waals surface area contributed by atoms with Crippen molar-refractivity contribution < 1.29 is 0 Å². The molecule has 94 valence electrons. The molecule has 2 N–H and O–H groups in total. The highest BCUT2D eigenvalue weighted by molar-refractivity contribution is 14.1. The van der Waals surface area contributed by atoms with Crippen molar-refractivity contribution >= 4 is 45.8 Å². The molecule has 0 heterocycles. The summed E-state index contributed by atoms with van der Waals surface area (Å²) >= 11 is 14.2. The first-order valence-electron chi connectivity index (χ1n) is 5.51. The molecule has 4 heteroatoms. The van der Waals surface area contributed by atoms with E-state index in [1.165, 1.54) is 3.57 Å². The van der Waals surface area contributed by atoms with Gasteiger partial charge >= 0.3 is 0 Å². The molecule has 0 spiro atoms. The summed E-state index contributed by atoms with van der Waals surface area (Å²) < 4.78 is 1.19. The number of nitrogens with two attached hydrogens (primary N) is 1. The number of rotatable bonds is 3. The van der Waals surface area contributed by atoms with Crippen LogP contribution in [0.15, 0.2) is 42.5 Å². The van der Waals surface area contributed by atoms with Crippen molar-refractivity contribution in [1.29, 1.82) is 0 Å². The molecule has 0 aromatic heterocycles. The second kappa shape index (κ2) is 6.24. The van der Waals surface area contributed by atoms with Crippen molar-refractivity contribution in [1.82, 2.24) is 0 Å². The smallest absolute Gasteiger partial charge is 0.0595 e. The summed E-state index contributed by atoms with van der Waals surface area (Å²) in [5.41, 5.74) is 8.43. The molecule has 2 rings (SSSR count). The van der Waals surface area contributed by atoms with Gasteiger partial charge in [-0.05, 0) is 64.4 Å². The van der Waals surface area contributed by atoms with Crippen molar-refractivity contribution in [3.63, 3.8) is 0 Å². The zero-order valence-corrected chi connectivity index (χ0v) is 13.2. The Hall–Kier alpha value is -0.290. The van der Waals surface area contributed by atoms with Crippen molar-refractivity contribution in [3.8, 4) is 0 Å². The molecule has 0 aliphatic heterocycles. The normalized spacial score (nSPS) is 12.4. The molecule has 2 aromatic carbocycles. The lowest BCUT2D eigenvalue weighted by Crippen LogP contribution is -2.13. The minimum Gasteiger partial charge on any atom is -0.324 e. The maximum atomic E-state index is 6.20. The van der Waals surface area contributed by atoms with E-state index in [-0.39, 0.29) is 6.04 Å². The molecule has 18 heavy (non-hydrogen) atoms. The van der Waals surface area contributed by atoms with Gasteiger partial charge in [0.2, 0.25) is 0 Å². The van der Waals surface area contributed by atoms with E-state index in [4.69, 9.17) is 28.9 Å². The fraction of sp³-hybridized carbons (Fsp3) is 0.143. The molecular weight excluding hydrogens is 380 g/mol. The van der Waals surface area contributed by atoms with Crippen LogP contribution in [-0.4, -0.2) is 0 Å². The minimum absolute atomic E-state index is 0.0306. The van der Waals surface area contributed by atoms with Gasteiger partial charge in [-0.2, -0.15) is 0 Å². The fourth-order valence-corrected chi connectivity index (χ4v) is 2.66. The van der Waals surface area contributed by atoms with Gasteiger partial charge in [0.1, 0.15) is 0 Å². The van der Waals surface area contributed by atoms with E-state index >= 15 is 0 Å². The van der Waals surface area contributed by atoms with Crippen LogP contribution in [0.25, 0.3) is 0 Å². The summed E-state index contributed by atoms with van der Waals surface area (Å²) in [6, 6.07) is 13.8. The SMILES string of the molecule is NC(Cc1ccc(Cl)c(Cl)c1)c1cccc(I)c1. The van der Waals surface area contributed by atoms with E-state index in [1.54, 1.807) is 6.07 Å². The molecule has 0 saturated heterocycles. The van der Waals surface area contributed by atoms with Gasteiger partial charge < -0.3 is 5.73 Å². The molecule has 1 atom stereocenters. The Bertz CT molecular complexity index is 557. The molecule has 0 fully saturated rings. The van der Waals surface area contributed by atoms with Crippen molar-refractivity contribution in [2.75, 3.05) is 0 Å². The molecule has 0 amide bonds. The van der Waals surface area contributed by atoms with E-state index in [0.717, 1.165) is 17.5 Å². The first-order valence-corrected chi connectivity index (χ1v) is 7.34. The predicted octanol–water partition coefficient (Wildman–Crippen LogP) is 4.84. The van der Waals surface area contributed by atoms with Crippen LogP contribution in [0.1, 0.15) is 17.2 Å². The molecule has 1 unspecified atom stereocenters. The zero-order chi connectivity index (χ0) is 13.1. The van der Waals surface area contributed by atoms with Gasteiger partial charge in [-0.1, -0.05) is 41.4 Å². The first kappa shape index (κ1) is 14.1. The molecule has 0 aliphatic carbocycles. The molecule has 0 aliphatic rings. The van der Waals surface area contributed by atoms with Gasteiger partial charge in [-0.15, -0.1) is 0 Å². The second-order valence-electron chi connectivity index (χ2n) is 4.11. The van der Waals surface area contributed by atoms with Gasteiger partial charge in [-0.25, -0.2) is 0 Å². The topological polar surface area (TPSA) is 26.0 Å². The Balaban J connectivity index is 2.16. The molecular formula is C14H12Cl2IN. The first-order chi connectivity index (χ1) is 8.56. The number of hydrogen-bond acceptors (Lipinski definition) is 1. The van der Waals surface area contributed by atoms with Crippen LogP contribution in [0.5, 0.6) is 0 Å². The lowest BCUT2D eigenvalue weighted by Gasteiger charge is -2.13. The molecule has 2 aromatic rings. The van der Waals surface area contributed by atoms with E-state index in [9.17, 15) is 0 Å². The van der Waals surface area contributed by atoms with Crippen molar-refractivity contribution in [2.24, 2.45) is 5.73 Å². The van der Waals surface area contributed by atoms with E-state index in [1.807, 2.05) is 24.3 Å². The highest BCUT2D eigenvalue weighted by Crippen LogP contribution is 2.25. The second-order valence-corrected chi connectivity index (χ2v) is 6.17. The molecule has 1 nitrogen and oxygen atoms in total. The van der Waals surface area contributed by atoms with Crippen molar-refractivity contribution in [2.45, 2.75) is 12.5 Å². The Kier molecular flexibility index (Phi) is 4.90. The monoisotopic (exact) mass is 391 g/mol. The Labute approximate surface area is 130 Å². The van der Waals surface area contributed by atoms with Crippen LogP contribution in [0.4, 0.5) is 0 Å². The summed E-state index contributed by atoms with van der Waals surface area (Å²) in [4.78, 5) is 0. The summed E-state index contributed by atoms with van der Waals surface area (Å²) in [6.07, 6.45) is 0.747. The van der Waals surface area contributed by atoms with E-state index in [2.05, 4.69) is 34.7 Å². The third kappa shape index (κ3) is 3.60. The number of hydrogen-bond donors (Lipinski definition) is 1. The van der Waals surface area contributed by atoms with Gasteiger partial charge in [0.15, 0.2) is 0 Å². The Morgan fingerprint density at radius 3 is 2.50 bits per heavy atom. The number of benzene rings is 2. The highest BCUT2D eigenvalue weighted by atomic mass is 127. The number of halogens is 3. The summed E-state index contributed by atoms with van der Waals surface area (Å²) in [5, 5.41) is 1.15. The predicted molar refractivity (Wildman–Crippen MR) is 86.3 cm³/mol. The van der Waals surface area contributed by atoms with E-state index < -0.39 is 0 Å². The molecule has 0 bridgehead atoms. The van der Waals surface area contributed by atoms with Gasteiger partial charge in [0.05, 0.1) is 10.0 Å². The van der Waals surface area contributed by atoms with E-state index in [0.29, 0.717) is 10.0 Å². The van der Waals surface area contributed by atoms with Crippen LogP contribution < -0.4 is 5.73 Å². The lowest BCUT2D eigenvalue weighted by molar-refractivity contribution is 0.721. The van der Waals surface area contributed by atoms with Gasteiger partial charge in [-0.3, -0.25) is 0 Å². The molecule has 0 saturated carbocycles. The van der Waals surface area contributed by atoms with Crippen LogP contribution in [0.2, 0.25) is 10.0 Å². The van der Waals surface area contributed by atoms with Crippen LogP contribution >= 0.6 is 45.8 Å².